The van der Waals surface area contributed by atoms with Gasteiger partial charge in [-0.25, -0.2) is 8.42 Å². The summed E-state index contributed by atoms with van der Waals surface area (Å²) < 4.78 is 35.4. The fourth-order valence-corrected chi connectivity index (χ4v) is 5.57. The number of hydrogen-bond donors (Lipinski definition) is 0. The molecule has 1 aliphatic rings. The van der Waals surface area contributed by atoms with Gasteiger partial charge in [0.15, 0.2) is 9.84 Å². The van der Waals surface area contributed by atoms with Crippen LogP contribution in [0, 0.1) is 0 Å². The number of nitrogens with zero attached hydrogens (tertiary/aromatic N) is 1. The van der Waals surface area contributed by atoms with Crippen LogP contribution in [0.1, 0.15) is 55.5 Å². The van der Waals surface area contributed by atoms with Crippen molar-refractivity contribution in [3.05, 3.63) is 59.7 Å². The van der Waals surface area contributed by atoms with Crippen LogP contribution in [0.2, 0.25) is 0 Å². The smallest absolute Gasteiger partial charge is 0.254 e. The number of ether oxygens (including phenoxy) is 2. The zero-order valence-electron chi connectivity index (χ0n) is 19.0. The molecule has 0 spiro atoms. The number of carbonyl (C=O) groups is 1. The lowest BCUT2D eigenvalue weighted by Gasteiger charge is -2.28. The number of rotatable bonds is 11. The number of sulfone groups is 1. The maximum atomic E-state index is 13.4. The molecule has 2 aromatic carbocycles. The number of hydrogen-bond acceptors (Lipinski definition) is 5. The third-order valence-electron chi connectivity index (χ3n) is 5.62. The van der Waals surface area contributed by atoms with Crippen molar-refractivity contribution in [3.63, 3.8) is 0 Å². The van der Waals surface area contributed by atoms with Crippen LogP contribution in [0.4, 0.5) is 0 Å². The number of carbonyl (C=O) groups excluding carboxylic acids is 1. The first-order chi connectivity index (χ1) is 15.4. The van der Waals surface area contributed by atoms with E-state index < -0.39 is 9.84 Å². The highest BCUT2D eigenvalue weighted by atomic mass is 32.2. The Labute approximate surface area is 191 Å². The normalized spacial score (nSPS) is 17.1. The van der Waals surface area contributed by atoms with Gasteiger partial charge in [-0.2, -0.15) is 0 Å². The lowest BCUT2D eigenvalue weighted by Crippen LogP contribution is -2.40. The molecule has 0 aliphatic carbocycles. The number of amides is 1. The van der Waals surface area contributed by atoms with Gasteiger partial charge in [0.1, 0.15) is 11.5 Å². The van der Waals surface area contributed by atoms with Crippen molar-refractivity contribution in [1.82, 2.24) is 4.90 Å². The first kappa shape index (κ1) is 24.1. The lowest BCUT2D eigenvalue weighted by molar-refractivity contribution is 0.0681. The molecule has 6 nitrogen and oxygen atoms in total. The highest BCUT2D eigenvalue weighted by Gasteiger charge is 2.35. The third-order valence-corrected chi connectivity index (χ3v) is 7.37. The second-order valence-corrected chi connectivity index (χ2v) is 10.4. The van der Waals surface area contributed by atoms with E-state index in [2.05, 4.69) is 6.92 Å². The Bertz CT molecular complexity index is 970. The van der Waals surface area contributed by atoms with Gasteiger partial charge in [0.2, 0.25) is 0 Å². The second-order valence-electron chi connectivity index (χ2n) is 8.15. The molecule has 1 aliphatic heterocycles. The molecular formula is C25H33NO5S. The van der Waals surface area contributed by atoms with E-state index in [0.29, 0.717) is 31.7 Å². The molecule has 1 amide bonds. The molecular weight excluding hydrogens is 426 g/mol. The molecule has 7 heteroatoms. The molecule has 174 valence electrons. The maximum absolute atomic E-state index is 13.4. The summed E-state index contributed by atoms with van der Waals surface area (Å²) in [5.74, 6) is 1.47. The average Bonchev–Trinajstić information content (AvgIpc) is 3.15. The van der Waals surface area contributed by atoms with E-state index in [4.69, 9.17) is 9.47 Å². The third kappa shape index (κ3) is 6.73. The molecule has 1 atom stereocenters. The van der Waals surface area contributed by atoms with E-state index in [1.807, 2.05) is 31.2 Å². The molecule has 1 fully saturated rings. The van der Waals surface area contributed by atoms with Crippen LogP contribution in [0.25, 0.3) is 0 Å². The largest absolute Gasteiger partial charge is 0.494 e. The summed E-state index contributed by atoms with van der Waals surface area (Å²) in [7, 11) is -3.12. The predicted octanol–water partition coefficient (Wildman–Crippen LogP) is 4.48. The van der Waals surface area contributed by atoms with Gasteiger partial charge in [0.05, 0.1) is 24.7 Å². The average molecular weight is 460 g/mol. The molecule has 1 saturated heterocycles. The van der Waals surface area contributed by atoms with Gasteiger partial charge in [-0.05, 0) is 61.7 Å². The zero-order valence-corrected chi connectivity index (χ0v) is 19.8. The summed E-state index contributed by atoms with van der Waals surface area (Å²) in [6, 6.07) is 14.4. The molecule has 1 heterocycles. The SMILES string of the molecule is CCCCCOc1ccc(C(=O)N(Cc2ccc(OCC)cc2)C2CCS(=O)(=O)C2)cc1. The Balaban J connectivity index is 1.74. The summed E-state index contributed by atoms with van der Waals surface area (Å²) >= 11 is 0. The van der Waals surface area contributed by atoms with Gasteiger partial charge in [-0.15, -0.1) is 0 Å². The van der Waals surface area contributed by atoms with Crippen molar-refractivity contribution < 1.29 is 22.7 Å². The molecule has 3 rings (SSSR count). The monoisotopic (exact) mass is 459 g/mol. The lowest BCUT2D eigenvalue weighted by atomic mass is 10.1. The topological polar surface area (TPSA) is 72.9 Å². The maximum Gasteiger partial charge on any atom is 0.254 e. The molecule has 2 aromatic rings. The van der Waals surface area contributed by atoms with E-state index in [1.165, 1.54) is 0 Å². The van der Waals surface area contributed by atoms with Crippen LogP contribution in [0.15, 0.2) is 48.5 Å². The summed E-state index contributed by atoms with van der Waals surface area (Å²) in [4.78, 5) is 15.1. The van der Waals surface area contributed by atoms with Crippen molar-refractivity contribution in [1.29, 1.82) is 0 Å². The van der Waals surface area contributed by atoms with E-state index >= 15 is 0 Å². The highest BCUT2D eigenvalue weighted by molar-refractivity contribution is 7.91. The van der Waals surface area contributed by atoms with Crippen LogP contribution >= 0.6 is 0 Å². The Morgan fingerprint density at radius 2 is 1.62 bits per heavy atom. The van der Waals surface area contributed by atoms with Gasteiger partial charge >= 0.3 is 0 Å². The predicted molar refractivity (Wildman–Crippen MR) is 126 cm³/mol. The van der Waals surface area contributed by atoms with Gasteiger partial charge in [0, 0.05) is 18.2 Å². The molecule has 0 saturated carbocycles. The standard InChI is InChI=1S/C25H33NO5S/c1-3-5-6-16-31-24-13-9-21(10-14-24)25(27)26(22-15-17-32(28,29)19-22)18-20-7-11-23(12-8-20)30-4-2/h7-14,22H,3-6,15-19H2,1-2H3. The number of unbranched alkanes of at least 4 members (excludes halogenated alkanes) is 2. The van der Waals surface area contributed by atoms with Crippen molar-refractivity contribution in [2.75, 3.05) is 24.7 Å². The molecule has 0 bridgehead atoms. The van der Waals surface area contributed by atoms with E-state index in [-0.39, 0.29) is 23.5 Å². The van der Waals surface area contributed by atoms with Crippen LogP contribution in [-0.2, 0) is 16.4 Å². The first-order valence-electron chi connectivity index (χ1n) is 11.4. The Morgan fingerprint density at radius 1 is 0.969 bits per heavy atom. The van der Waals surface area contributed by atoms with Crippen LogP contribution in [0.5, 0.6) is 11.5 Å². The van der Waals surface area contributed by atoms with Gasteiger partial charge in [-0.1, -0.05) is 31.9 Å². The Morgan fingerprint density at radius 3 is 2.22 bits per heavy atom. The quantitative estimate of drug-likeness (QED) is 0.463. The Kier molecular flexibility index (Phi) is 8.56. The second kappa shape index (κ2) is 11.4. The summed E-state index contributed by atoms with van der Waals surface area (Å²) in [5.41, 5.74) is 1.46. The van der Waals surface area contributed by atoms with Crippen molar-refractivity contribution in [2.24, 2.45) is 0 Å². The summed E-state index contributed by atoms with van der Waals surface area (Å²) in [5, 5.41) is 0. The van der Waals surface area contributed by atoms with Gasteiger partial charge in [0.25, 0.3) is 5.91 Å². The summed E-state index contributed by atoms with van der Waals surface area (Å²) in [6.07, 6.45) is 3.73. The van der Waals surface area contributed by atoms with E-state index in [0.717, 1.165) is 36.3 Å². The van der Waals surface area contributed by atoms with Crippen LogP contribution < -0.4 is 9.47 Å². The minimum absolute atomic E-state index is 0.00833. The number of benzene rings is 2. The highest BCUT2D eigenvalue weighted by Crippen LogP contribution is 2.24. The van der Waals surface area contributed by atoms with Crippen LogP contribution in [0.3, 0.4) is 0 Å². The fraction of sp³-hybridized carbons (Fsp3) is 0.480. The van der Waals surface area contributed by atoms with Crippen molar-refractivity contribution in [3.8, 4) is 11.5 Å². The first-order valence-corrected chi connectivity index (χ1v) is 13.2. The Hall–Kier alpha value is -2.54. The molecule has 0 radical (unpaired) electrons. The fourth-order valence-electron chi connectivity index (χ4n) is 3.84. The van der Waals surface area contributed by atoms with Gasteiger partial charge in [-0.3, -0.25) is 4.79 Å². The van der Waals surface area contributed by atoms with Gasteiger partial charge < -0.3 is 14.4 Å². The zero-order chi connectivity index (χ0) is 23.0. The minimum atomic E-state index is -3.12. The molecule has 0 aromatic heterocycles. The molecule has 32 heavy (non-hydrogen) atoms. The van der Waals surface area contributed by atoms with E-state index in [1.54, 1.807) is 29.2 Å². The molecule has 1 unspecified atom stereocenters. The van der Waals surface area contributed by atoms with Crippen molar-refractivity contribution >= 4 is 15.7 Å². The minimum Gasteiger partial charge on any atom is -0.494 e. The van der Waals surface area contributed by atoms with E-state index in [9.17, 15) is 13.2 Å². The summed E-state index contributed by atoms with van der Waals surface area (Å²) in [6.45, 7) is 5.67. The van der Waals surface area contributed by atoms with Crippen molar-refractivity contribution in [2.45, 2.75) is 52.1 Å². The van der Waals surface area contributed by atoms with Crippen LogP contribution in [-0.4, -0.2) is 50.0 Å². The molecule has 0 N–H and O–H groups in total.